The summed E-state index contributed by atoms with van der Waals surface area (Å²) in [6.45, 7) is 9.08. The van der Waals surface area contributed by atoms with Gasteiger partial charge in [0, 0.05) is 18.0 Å². The van der Waals surface area contributed by atoms with E-state index < -0.39 is 5.60 Å². The lowest BCUT2D eigenvalue weighted by Gasteiger charge is -2.28. The molecule has 1 heterocycles. The Morgan fingerprint density at radius 3 is 2.75 bits per heavy atom. The van der Waals surface area contributed by atoms with Crippen molar-refractivity contribution in [3.05, 3.63) is 35.0 Å². The van der Waals surface area contributed by atoms with Crippen molar-refractivity contribution < 1.29 is 9.90 Å². The van der Waals surface area contributed by atoms with Gasteiger partial charge in [0.25, 0.3) is 0 Å². The zero-order valence-electron chi connectivity index (χ0n) is 12.5. The number of carbonyl (C=O) groups is 1. The van der Waals surface area contributed by atoms with Crippen molar-refractivity contribution in [1.29, 1.82) is 0 Å². The largest absolute Gasteiger partial charge is 0.389 e. The van der Waals surface area contributed by atoms with Crippen molar-refractivity contribution in [3.8, 4) is 0 Å². The lowest BCUT2D eigenvalue weighted by atomic mass is 10.1. The van der Waals surface area contributed by atoms with E-state index in [1.54, 1.807) is 36.2 Å². The molecule has 0 bridgehead atoms. The van der Waals surface area contributed by atoms with Crippen LogP contribution in [0, 0.1) is 0 Å². The molecule has 0 aromatic carbocycles. The van der Waals surface area contributed by atoms with Gasteiger partial charge in [-0.25, -0.2) is 0 Å². The van der Waals surface area contributed by atoms with Crippen molar-refractivity contribution >= 4 is 17.2 Å². The number of aliphatic hydroxyl groups is 1. The van der Waals surface area contributed by atoms with Crippen LogP contribution in [-0.4, -0.2) is 53.1 Å². The van der Waals surface area contributed by atoms with Crippen LogP contribution in [0.4, 0.5) is 0 Å². The zero-order chi connectivity index (χ0) is 15.2. The van der Waals surface area contributed by atoms with E-state index in [4.69, 9.17) is 0 Å². The summed E-state index contributed by atoms with van der Waals surface area (Å²) in [5.41, 5.74) is -0.800. The summed E-state index contributed by atoms with van der Waals surface area (Å²) in [5, 5.41) is 11.8. The van der Waals surface area contributed by atoms with Crippen molar-refractivity contribution in [1.82, 2.24) is 9.80 Å². The third kappa shape index (κ3) is 6.32. The van der Waals surface area contributed by atoms with Gasteiger partial charge in [0.05, 0.1) is 18.7 Å². The van der Waals surface area contributed by atoms with Gasteiger partial charge in [-0.1, -0.05) is 12.1 Å². The number of carbonyl (C=O) groups excluding carboxylic acids is 1. The molecule has 1 rings (SSSR count). The fraction of sp³-hybridized carbons (Fsp3) is 0.533. The fourth-order valence-corrected chi connectivity index (χ4v) is 2.77. The summed E-state index contributed by atoms with van der Waals surface area (Å²) in [4.78, 5) is 17.1. The average Bonchev–Trinajstić information content (AvgIpc) is 2.78. The molecule has 0 fully saturated rings. The van der Waals surface area contributed by atoms with Crippen LogP contribution < -0.4 is 0 Å². The highest BCUT2D eigenvalue weighted by Gasteiger charge is 2.20. The Kier molecular flexibility index (Phi) is 6.39. The van der Waals surface area contributed by atoms with Crippen LogP contribution in [0.25, 0.3) is 0 Å². The van der Waals surface area contributed by atoms with Crippen LogP contribution in [0.5, 0.6) is 0 Å². The smallest absolute Gasteiger partial charge is 0.237 e. The molecule has 1 aromatic rings. The molecule has 0 atom stereocenters. The minimum atomic E-state index is -0.800. The van der Waals surface area contributed by atoms with Gasteiger partial charge in [-0.2, -0.15) is 0 Å². The van der Waals surface area contributed by atoms with E-state index in [0.29, 0.717) is 26.2 Å². The summed E-state index contributed by atoms with van der Waals surface area (Å²) in [6, 6.07) is 4.01. The molecule has 1 aromatic heterocycles. The molecule has 1 amide bonds. The molecule has 0 radical (unpaired) electrons. The van der Waals surface area contributed by atoms with Crippen LogP contribution >= 0.6 is 11.3 Å². The van der Waals surface area contributed by atoms with Crippen LogP contribution in [0.1, 0.15) is 18.7 Å². The zero-order valence-corrected chi connectivity index (χ0v) is 13.3. The van der Waals surface area contributed by atoms with Crippen molar-refractivity contribution in [2.24, 2.45) is 0 Å². The van der Waals surface area contributed by atoms with Crippen LogP contribution in [0.3, 0.4) is 0 Å². The van der Waals surface area contributed by atoms with E-state index in [0.717, 1.165) is 4.88 Å². The number of amides is 1. The maximum atomic E-state index is 12.3. The molecule has 20 heavy (non-hydrogen) atoms. The number of hydrogen-bond acceptors (Lipinski definition) is 4. The Labute approximate surface area is 125 Å². The quantitative estimate of drug-likeness (QED) is 0.746. The maximum absolute atomic E-state index is 12.3. The summed E-state index contributed by atoms with van der Waals surface area (Å²) >= 11 is 1.64. The summed E-state index contributed by atoms with van der Waals surface area (Å²) in [6.07, 6.45) is 1.74. The number of hydrogen-bond donors (Lipinski definition) is 1. The highest BCUT2D eigenvalue weighted by atomic mass is 32.1. The Morgan fingerprint density at radius 2 is 2.25 bits per heavy atom. The van der Waals surface area contributed by atoms with Gasteiger partial charge >= 0.3 is 0 Å². The molecule has 0 aliphatic rings. The first-order chi connectivity index (χ1) is 9.31. The second-order valence-electron chi connectivity index (χ2n) is 5.63. The highest BCUT2D eigenvalue weighted by Crippen LogP contribution is 2.12. The minimum absolute atomic E-state index is 0.0463. The van der Waals surface area contributed by atoms with E-state index >= 15 is 0 Å². The van der Waals surface area contributed by atoms with Gasteiger partial charge < -0.3 is 10.0 Å². The molecule has 4 nitrogen and oxygen atoms in total. The van der Waals surface area contributed by atoms with Gasteiger partial charge in [0.2, 0.25) is 5.91 Å². The third-order valence-electron chi connectivity index (χ3n) is 2.69. The lowest BCUT2D eigenvalue weighted by Crippen LogP contribution is -2.43. The molecular formula is C15H24N2O2S. The number of nitrogens with zero attached hydrogens (tertiary/aromatic N) is 2. The minimum Gasteiger partial charge on any atom is -0.389 e. The van der Waals surface area contributed by atoms with E-state index in [1.807, 2.05) is 29.5 Å². The predicted octanol–water partition coefficient (Wildman–Crippen LogP) is 1.97. The molecule has 5 heteroatoms. The standard InChI is InChI=1S/C15H24N2O2S/c1-5-8-17(10-13-7-6-9-20-13)14(18)11-16(4)12-15(2,3)19/h5-7,9,19H,1,8,10-12H2,2-4H3. The van der Waals surface area contributed by atoms with Crippen LogP contribution in [0.15, 0.2) is 30.2 Å². The first kappa shape index (κ1) is 16.9. The van der Waals surface area contributed by atoms with Crippen molar-refractivity contribution in [3.63, 3.8) is 0 Å². The Morgan fingerprint density at radius 1 is 1.55 bits per heavy atom. The topological polar surface area (TPSA) is 43.8 Å². The normalized spacial score (nSPS) is 11.7. The number of thiophene rings is 1. The van der Waals surface area contributed by atoms with Gasteiger partial charge in [0.15, 0.2) is 0 Å². The second-order valence-corrected chi connectivity index (χ2v) is 6.66. The Hall–Kier alpha value is -1.17. The molecular weight excluding hydrogens is 272 g/mol. The first-order valence-electron chi connectivity index (χ1n) is 6.64. The SMILES string of the molecule is C=CCN(Cc1cccs1)C(=O)CN(C)CC(C)(C)O. The maximum Gasteiger partial charge on any atom is 0.237 e. The molecule has 0 saturated carbocycles. The van der Waals surface area contributed by atoms with E-state index in [9.17, 15) is 9.90 Å². The average molecular weight is 296 g/mol. The molecule has 1 N–H and O–H groups in total. The van der Waals surface area contributed by atoms with Crippen molar-refractivity contribution in [2.75, 3.05) is 26.7 Å². The fourth-order valence-electron chi connectivity index (χ4n) is 2.05. The van der Waals surface area contributed by atoms with E-state index in [-0.39, 0.29) is 5.91 Å². The summed E-state index contributed by atoms with van der Waals surface area (Å²) < 4.78 is 0. The van der Waals surface area contributed by atoms with Gasteiger partial charge in [-0.3, -0.25) is 9.69 Å². The third-order valence-corrected chi connectivity index (χ3v) is 3.55. The number of rotatable bonds is 8. The summed E-state index contributed by atoms with van der Waals surface area (Å²) in [7, 11) is 1.84. The van der Waals surface area contributed by atoms with Gasteiger partial charge in [0.1, 0.15) is 0 Å². The van der Waals surface area contributed by atoms with Crippen LogP contribution in [-0.2, 0) is 11.3 Å². The second kappa shape index (κ2) is 7.57. The van der Waals surface area contributed by atoms with Gasteiger partial charge in [-0.15, -0.1) is 17.9 Å². The molecule has 0 unspecified atom stereocenters. The van der Waals surface area contributed by atoms with Gasteiger partial charge in [-0.05, 0) is 32.3 Å². The van der Waals surface area contributed by atoms with Crippen LogP contribution in [0.2, 0.25) is 0 Å². The molecule has 0 aliphatic carbocycles. The summed E-state index contributed by atoms with van der Waals surface area (Å²) in [5.74, 6) is 0.0463. The molecule has 0 aliphatic heterocycles. The van der Waals surface area contributed by atoms with Crippen molar-refractivity contribution in [2.45, 2.75) is 26.0 Å². The molecule has 112 valence electrons. The Bertz CT molecular complexity index is 424. The number of likely N-dealkylation sites (N-methyl/N-ethyl adjacent to an activating group) is 1. The molecule has 0 saturated heterocycles. The first-order valence-corrected chi connectivity index (χ1v) is 7.52. The highest BCUT2D eigenvalue weighted by molar-refractivity contribution is 7.09. The van der Waals surface area contributed by atoms with E-state index in [1.165, 1.54) is 0 Å². The Balaban J connectivity index is 2.57. The molecule has 0 spiro atoms. The monoisotopic (exact) mass is 296 g/mol. The predicted molar refractivity (Wildman–Crippen MR) is 83.7 cm³/mol. The lowest BCUT2D eigenvalue weighted by molar-refractivity contribution is -0.132. The van der Waals surface area contributed by atoms with E-state index in [2.05, 4.69) is 6.58 Å².